The summed E-state index contributed by atoms with van der Waals surface area (Å²) >= 11 is 7.14. The number of aromatic nitrogens is 1. The van der Waals surface area contributed by atoms with Gasteiger partial charge in [-0.05, 0) is 48.4 Å². The summed E-state index contributed by atoms with van der Waals surface area (Å²) in [4.78, 5) is 29.7. The molecule has 1 unspecified atom stereocenters. The van der Waals surface area contributed by atoms with Gasteiger partial charge < -0.3 is 24.6 Å². The van der Waals surface area contributed by atoms with Crippen molar-refractivity contribution in [3.8, 4) is 45.7 Å². The average molecular weight is 618 g/mol. The largest absolute Gasteiger partial charge is 0.493 e. The Kier molecular flexibility index (Phi) is 10.1. The van der Waals surface area contributed by atoms with Gasteiger partial charge >= 0.3 is 5.97 Å². The first-order valence-corrected chi connectivity index (χ1v) is 14.3. The summed E-state index contributed by atoms with van der Waals surface area (Å²) in [6, 6.07) is 21.4. The van der Waals surface area contributed by atoms with Crippen LogP contribution in [0.5, 0.6) is 17.2 Å². The highest BCUT2D eigenvalue weighted by molar-refractivity contribution is 8.00. The third-order valence-electron chi connectivity index (χ3n) is 6.52. The summed E-state index contributed by atoms with van der Waals surface area (Å²) in [7, 11) is 4.54. The molecule has 220 valence electrons. The fraction of sp³-hybridized carbons (Fsp3) is 0.188. The van der Waals surface area contributed by atoms with Gasteiger partial charge in [0, 0.05) is 16.8 Å². The van der Waals surface area contributed by atoms with Gasteiger partial charge in [-0.25, -0.2) is 9.78 Å². The maximum Gasteiger partial charge on any atom is 0.337 e. The lowest BCUT2D eigenvalue weighted by atomic mass is 9.98. The average Bonchev–Trinajstić information content (AvgIpc) is 3.03. The van der Waals surface area contributed by atoms with Crippen LogP contribution in [0.15, 0.2) is 71.8 Å². The third-order valence-corrected chi connectivity index (χ3v) is 8.20. The van der Waals surface area contributed by atoms with Gasteiger partial charge in [-0.3, -0.25) is 4.79 Å². The highest BCUT2D eigenvalue weighted by Gasteiger charge is 2.25. The molecule has 4 aromatic rings. The molecule has 0 fully saturated rings. The zero-order valence-corrected chi connectivity index (χ0v) is 25.4. The van der Waals surface area contributed by atoms with Crippen molar-refractivity contribution in [2.75, 3.05) is 26.6 Å². The second-order valence-electron chi connectivity index (χ2n) is 9.13. The topological polar surface area (TPSA) is 131 Å². The van der Waals surface area contributed by atoms with Crippen LogP contribution in [-0.2, 0) is 4.79 Å². The van der Waals surface area contributed by atoms with Crippen LogP contribution in [-0.4, -0.2) is 48.5 Å². The van der Waals surface area contributed by atoms with E-state index in [2.05, 4.69) is 11.4 Å². The summed E-state index contributed by atoms with van der Waals surface area (Å²) < 4.78 is 16.6. The Morgan fingerprint density at radius 3 is 2.23 bits per heavy atom. The van der Waals surface area contributed by atoms with Gasteiger partial charge in [0.1, 0.15) is 11.1 Å². The maximum atomic E-state index is 13.4. The van der Waals surface area contributed by atoms with E-state index in [1.165, 1.54) is 39.5 Å². The quantitative estimate of drug-likeness (QED) is 0.168. The van der Waals surface area contributed by atoms with E-state index in [0.717, 1.165) is 17.3 Å². The number of carbonyl (C=O) groups excluding carboxylic acids is 1. The minimum atomic E-state index is -1.21. The number of benzene rings is 3. The number of amides is 1. The molecular weight excluding hydrogens is 590 g/mol. The lowest BCUT2D eigenvalue weighted by Gasteiger charge is -2.19. The number of anilines is 1. The molecule has 0 saturated heterocycles. The monoisotopic (exact) mass is 617 g/mol. The fourth-order valence-corrected chi connectivity index (χ4v) is 5.61. The molecule has 9 nitrogen and oxygen atoms in total. The number of ether oxygens (including phenoxy) is 3. The Labute approximate surface area is 258 Å². The highest BCUT2D eigenvalue weighted by Crippen LogP contribution is 2.44. The molecule has 0 aliphatic heterocycles. The Bertz CT molecular complexity index is 1680. The van der Waals surface area contributed by atoms with E-state index in [4.69, 9.17) is 30.8 Å². The third kappa shape index (κ3) is 6.85. The summed E-state index contributed by atoms with van der Waals surface area (Å²) in [6.45, 7) is 1.84. The number of carbonyl (C=O) groups is 2. The van der Waals surface area contributed by atoms with E-state index >= 15 is 0 Å². The fourth-order valence-electron chi connectivity index (χ4n) is 4.38. The van der Waals surface area contributed by atoms with Crippen molar-refractivity contribution in [3.05, 3.63) is 82.9 Å². The lowest BCUT2D eigenvalue weighted by Crippen LogP contribution is -2.25. The Morgan fingerprint density at radius 2 is 1.67 bits per heavy atom. The molecule has 0 spiro atoms. The number of aromatic carboxylic acids is 1. The van der Waals surface area contributed by atoms with Crippen molar-refractivity contribution in [1.82, 2.24) is 4.98 Å². The molecule has 11 heteroatoms. The number of rotatable bonds is 11. The molecule has 0 saturated carbocycles. The second kappa shape index (κ2) is 14.0. The molecular formula is C32H28ClN3O6S. The van der Waals surface area contributed by atoms with Gasteiger partial charge in [-0.1, -0.05) is 60.6 Å². The van der Waals surface area contributed by atoms with Crippen molar-refractivity contribution >= 4 is 40.9 Å². The van der Waals surface area contributed by atoms with E-state index in [1.54, 1.807) is 12.1 Å². The van der Waals surface area contributed by atoms with E-state index in [9.17, 15) is 20.0 Å². The number of nitriles is 1. The molecule has 1 heterocycles. The van der Waals surface area contributed by atoms with Gasteiger partial charge in [0.2, 0.25) is 11.7 Å². The Morgan fingerprint density at radius 1 is 1.00 bits per heavy atom. The summed E-state index contributed by atoms with van der Waals surface area (Å²) in [5.74, 6) is -0.334. The van der Waals surface area contributed by atoms with Crippen LogP contribution in [0.25, 0.3) is 22.4 Å². The second-order valence-corrected chi connectivity index (χ2v) is 10.7. The van der Waals surface area contributed by atoms with Crippen molar-refractivity contribution in [3.63, 3.8) is 0 Å². The Hall–Kier alpha value is -4.72. The number of nitrogens with zero attached hydrogens (tertiary/aromatic N) is 2. The van der Waals surface area contributed by atoms with Crippen molar-refractivity contribution in [2.24, 2.45) is 0 Å². The molecule has 4 rings (SSSR count). The standard InChI is InChI=1S/C32H28ClN3O6S/c1-5-28(30(37)35-20-11-12-24(33)22(15-20)32(38)39)43-31-23(17-34)21(16-25(36-31)18-9-7-6-8-10-18)19-13-26(40-2)29(42-4)27(14-19)41-3/h6-16,28H,5H2,1-4H3,(H,35,37)(H,38,39). The molecule has 1 atom stereocenters. The van der Waals surface area contributed by atoms with Crippen LogP contribution < -0.4 is 19.5 Å². The van der Waals surface area contributed by atoms with E-state index in [1.807, 2.05) is 43.3 Å². The first-order chi connectivity index (χ1) is 20.7. The normalized spacial score (nSPS) is 11.3. The Balaban J connectivity index is 1.82. The zero-order chi connectivity index (χ0) is 31.1. The number of methoxy groups -OCH3 is 3. The number of pyridine rings is 1. The summed E-state index contributed by atoms with van der Waals surface area (Å²) in [5, 5.41) is 22.3. The predicted molar refractivity (Wildman–Crippen MR) is 166 cm³/mol. The number of halogens is 1. The number of hydrogen-bond acceptors (Lipinski definition) is 8. The molecule has 3 aromatic carbocycles. The van der Waals surface area contributed by atoms with Crippen LogP contribution in [0.3, 0.4) is 0 Å². The van der Waals surface area contributed by atoms with Gasteiger partial charge in [0.05, 0.1) is 48.4 Å². The summed E-state index contributed by atoms with van der Waals surface area (Å²) in [6.07, 6.45) is 0.400. The van der Waals surface area contributed by atoms with Crippen molar-refractivity contribution in [2.45, 2.75) is 23.6 Å². The molecule has 2 N–H and O–H groups in total. The van der Waals surface area contributed by atoms with E-state index in [-0.39, 0.29) is 27.7 Å². The molecule has 1 aromatic heterocycles. The first-order valence-electron chi connectivity index (χ1n) is 13.1. The van der Waals surface area contributed by atoms with Gasteiger partial charge in [0.15, 0.2) is 11.5 Å². The van der Waals surface area contributed by atoms with Gasteiger partial charge in [0.25, 0.3) is 0 Å². The van der Waals surface area contributed by atoms with E-state index < -0.39 is 11.2 Å². The molecule has 1 amide bonds. The number of thioether (sulfide) groups is 1. The minimum absolute atomic E-state index is 0.0619. The van der Waals surface area contributed by atoms with Gasteiger partial charge in [-0.2, -0.15) is 5.26 Å². The van der Waals surface area contributed by atoms with Crippen LogP contribution in [0, 0.1) is 11.3 Å². The highest BCUT2D eigenvalue weighted by atomic mass is 35.5. The molecule has 0 aliphatic carbocycles. The van der Waals surface area contributed by atoms with Crippen LogP contribution in [0.2, 0.25) is 5.02 Å². The number of carboxylic acid groups (broad SMARTS) is 1. The number of nitrogens with one attached hydrogen (secondary N) is 1. The van der Waals surface area contributed by atoms with Crippen molar-refractivity contribution in [1.29, 1.82) is 5.26 Å². The zero-order valence-electron chi connectivity index (χ0n) is 23.8. The number of carboxylic acids is 1. The van der Waals surface area contributed by atoms with Crippen LogP contribution in [0.4, 0.5) is 5.69 Å². The molecule has 0 aliphatic rings. The SMILES string of the molecule is CCC(Sc1nc(-c2ccccc2)cc(-c2cc(OC)c(OC)c(OC)c2)c1C#N)C(=O)Nc1ccc(Cl)c(C(=O)O)c1. The minimum Gasteiger partial charge on any atom is -0.493 e. The van der Waals surface area contributed by atoms with Crippen LogP contribution in [0.1, 0.15) is 29.3 Å². The summed E-state index contributed by atoms with van der Waals surface area (Å²) in [5.41, 5.74) is 3.05. The van der Waals surface area contributed by atoms with Gasteiger partial charge in [-0.15, -0.1) is 0 Å². The molecule has 0 bridgehead atoms. The smallest absolute Gasteiger partial charge is 0.337 e. The molecule has 43 heavy (non-hydrogen) atoms. The lowest BCUT2D eigenvalue weighted by molar-refractivity contribution is -0.115. The predicted octanol–water partition coefficient (Wildman–Crippen LogP) is 7.17. The van der Waals surface area contributed by atoms with Crippen molar-refractivity contribution < 1.29 is 28.9 Å². The number of hydrogen-bond donors (Lipinski definition) is 2. The van der Waals surface area contributed by atoms with E-state index in [0.29, 0.717) is 45.5 Å². The maximum absolute atomic E-state index is 13.4. The first kappa shape index (κ1) is 31.2. The van der Waals surface area contributed by atoms with Crippen LogP contribution >= 0.6 is 23.4 Å². The molecule has 0 radical (unpaired) electrons.